The SMILES string of the molecule is CC(=O)c1ccc(Nc2cccc(N3CCCC3=O)c2)c([N+](=O)[O-])c1. The fraction of sp³-hybridized carbons (Fsp3) is 0.222. The molecule has 1 saturated heterocycles. The number of hydrogen-bond acceptors (Lipinski definition) is 5. The molecule has 1 amide bonds. The van der Waals surface area contributed by atoms with Crippen LogP contribution in [0.5, 0.6) is 0 Å². The summed E-state index contributed by atoms with van der Waals surface area (Å²) in [6, 6.07) is 11.5. The van der Waals surface area contributed by atoms with Gasteiger partial charge in [-0.1, -0.05) is 6.07 Å². The number of amides is 1. The van der Waals surface area contributed by atoms with Gasteiger partial charge in [0, 0.05) is 36.0 Å². The Morgan fingerprint density at radius 1 is 1.24 bits per heavy atom. The third kappa shape index (κ3) is 3.50. The van der Waals surface area contributed by atoms with Crippen molar-refractivity contribution in [2.24, 2.45) is 0 Å². The van der Waals surface area contributed by atoms with E-state index in [1.165, 1.54) is 19.1 Å². The topological polar surface area (TPSA) is 92.6 Å². The first kappa shape index (κ1) is 16.6. The van der Waals surface area contributed by atoms with Gasteiger partial charge in [0.25, 0.3) is 5.69 Å². The van der Waals surface area contributed by atoms with Crippen molar-refractivity contribution in [3.63, 3.8) is 0 Å². The molecule has 0 unspecified atom stereocenters. The standard InChI is InChI=1S/C18H17N3O4/c1-12(22)13-7-8-16(17(10-13)21(24)25)19-14-4-2-5-15(11-14)20-9-3-6-18(20)23/h2,4-5,7-8,10-11,19H,3,6,9H2,1H3. The van der Waals surface area contributed by atoms with Crippen LogP contribution in [0.15, 0.2) is 42.5 Å². The summed E-state index contributed by atoms with van der Waals surface area (Å²) in [6.45, 7) is 2.04. The Balaban J connectivity index is 1.91. The van der Waals surface area contributed by atoms with Crippen LogP contribution in [0.4, 0.5) is 22.7 Å². The quantitative estimate of drug-likeness (QED) is 0.510. The summed E-state index contributed by atoms with van der Waals surface area (Å²) in [4.78, 5) is 35.8. The van der Waals surface area contributed by atoms with Crippen LogP contribution < -0.4 is 10.2 Å². The Morgan fingerprint density at radius 2 is 2.04 bits per heavy atom. The molecule has 1 fully saturated rings. The number of carbonyl (C=O) groups is 2. The molecule has 25 heavy (non-hydrogen) atoms. The van der Waals surface area contributed by atoms with Crippen molar-refractivity contribution in [3.8, 4) is 0 Å². The number of hydrogen-bond donors (Lipinski definition) is 1. The number of nitro groups is 1. The molecule has 7 heteroatoms. The predicted octanol–water partition coefficient (Wildman–Crippen LogP) is 3.67. The number of benzene rings is 2. The number of nitrogens with zero attached hydrogens (tertiary/aromatic N) is 2. The molecule has 2 aromatic rings. The minimum atomic E-state index is -0.525. The number of carbonyl (C=O) groups excluding carboxylic acids is 2. The Labute approximate surface area is 144 Å². The molecule has 0 aliphatic carbocycles. The van der Waals surface area contributed by atoms with E-state index < -0.39 is 4.92 Å². The molecular formula is C18H17N3O4. The lowest BCUT2D eigenvalue weighted by atomic mass is 10.1. The maximum absolute atomic E-state index is 11.9. The van der Waals surface area contributed by atoms with Crippen molar-refractivity contribution < 1.29 is 14.5 Å². The van der Waals surface area contributed by atoms with Gasteiger partial charge in [0.1, 0.15) is 5.69 Å². The van der Waals surface area contributed by atoms with Crippen LogP contribution in [0.1, 0.15) is 30.1 Å². The van der Waals surface area contributed by atoms with Gasteiger partial charge < -0.3 is 10.2 Å². The second-order valence-electron chi connectivity index (χ2n) is 5.87. The van der Waals surface area contributed by atoms with Crippen molar-refractivity contribution in [1.82, 2.24) is 0 Å². The van der Waals surface area contributed by atoms with Crippen LogP contribution in [0.25, 0.3) is 0 Å². The molecule has 0 atom stereocenters. The molecule has 7 nitrogen and oxygen atoms in total. The van der Waals surface area contributed by atoms with Crippen LogP contribution in [0, 0.1) is 10.1 Å². The highest BCUT2D eigenvalue weighted by Gasteiger charge is 2.22. The van der Waals surface area contributed by atoms with E-state index in [0.717, 1.165) is 12.1 Å². The zero-order valence-electron chi connectivity index (χ0n) is 13.7. The molecule has 1 aliphatic rings. The average molecular weight is 339 g/mol. The van der Waals surface area contributed by atoms with Gasteiger partial charge in [-0.3, -0.25) is 19.7 Å². The summed E-state index contributed by atoms with van der Waals surface area (Å²) in [7, 11) is 0. The van der Waals surface area contributed by atoms with Gasteiger partial charge in [-0.05, 0) is 43.7 Å². The maximum Gasteiger partial charge on any atom is 0.293 e. The molecule has 1 N–H and O–H groups in total. The van der Waals surface area contributed by atoms with E-state index in [1.807, 2.05) is 6.07 Å². The first-order valence-corrected chi connectivity index (χ1v) is 7.92. The number of ketones is 1. The third-order valence-corrected chi connectivity index (χ3v) is 4.11. The zero-order chi connectivity index (χ0) is 18.0. The van der Waals surface area contributed by atoms with E-state index in [0.29, 0.717) is 24.3 Å². The highest BCUT2D eigenvalue weighted by atomic mass is 16.6. The number of anilines is 3. The highest BCUT2D eigenvalue weighted by Crippen LogP contribution is 2.31. The minimum Gasteiger partial charge on any atom is -0.350 e. The zero-order valence-corrected chi connectivity index (χ0v) is 13.7. The minimum absolute atomic E-state index is 0.0777. The van der Waals surface area contributed by atoms with Crippen LogP contribution in [0.3, 0.4) is 0 Å². The van der Waals surface area contributed by atoms with Crippen molar-refractivity contribution in [2.45, 2.75) is 19.8 Å². The fourth-order valence-electron chi connectivity index (χ4n) is 2.84. The van der Waals surface area contributed by atoms with E-state index >= 15 is 0 Å². The van der Waals surface area contributed by atoms with Gasteiger partial charge in [-0.25, -0.2) is 0 Å². The van der Waals surface area contributed by atoms with Crippen LogP contribution in [-0.2, 0) is 4.79 Å². The summed E-state index contributed by atoms with van der Waals surface area (Å²) >= 11 is 0. The van der Waals surface area contributed by atoms with Gasteiger partial charge in [0.15, 0.2) is 5.78 Å². The molecule has 0 radical (unpaired) electrons. The fourth-order valence-corrected chi connectivity index (χ4v) is 2.84. The van der Waals surface area contributed by atoms with E-state index in [4.69, 9.17) is 0 Å². The van der Waals surface area contributed by atoms with Crippen molar-refractivity contribution in [1.29, 1.82) is 0 Å². The van der Waals surface area contributed by atoms with Gasteiger partial charge in [-0.15, -0.1) is 0 Å². The first-order chi connectivity index (χ1) is 12.0. The average Bonchev–Trinajstić information content (AvgIpc) is 3.01. The Bertz CT molecular complexity index is 863. The van der Waals surface area contributed by atoms with Crippen molar-refractivity contribution in [3.05, 3.63) is 58.1 Å². The van der Waals surface area contributed by atoms with Gasteiger partial charge >= 0.3 is 0 Å². The lowest BCUT2D eigenvalue weighted by Crippen LogP contribution is -2.23. The molecule has 0 saturated carbocycles. The van der Waals surface area contributed by atoms with Crippen LogP contribution in [0.2, 0.25) is 0 Å². The smallest absolute Gasteiger partial charge is 0.293 e. The Hall–Kier alpha value is -3.22. The molecule has 3 rings (SSSR count). The van der Waals surface area contributed by atoms with E-state index in [9.17, 15) is 19.7 Å². The second kappa shape index (κ2) is 6.72. The Kier molecular flexibility index (Phi) is 4.47. The molecule has 1 aliphatic heterocycles. The molecule has 1 heterocycles. The van der Waals surface area contributed by atoms with E-state index in [1.54, 1.807) is 29.2 Å². The van der Waals surface area contributed by atoms with Gasteiger partial charge in [0.05, 0.1) is 4.92 Å². The van der Waals surface area contributed by atoms with Gasteiger partial charge in [0.2, 0.25) is 5.91 Å². The second-order valence-corrected chi connectivity index (χ2v) is 5.87. The summed E-state index contributed by atoms with van der Waals surface area (Å²) in [5, 5.41) is 14.3. The molecule has 0 aromatic heterocycles. The summed E-state index contributed by atoms with van der Waals surface area (Å²) in [5.41, 5.74) is 1.80. The summed E-state index contributed by atoms with van der Waals surface area (Å²) in [6.07, 6.45) is 1.37. The van der Waals surface area contributed by atoms with Crippen molar-refractivity contribution >= 4 is 34.4 Å². The van der Waals surface area contributed by atoms with E-state index in [2.05, 4.69) is 5.32 Å². The molecular weight excluding hydrogens is 322 g/mol. The molecule has 2 aromatic carbocycles. The largest absolute Gasteiger partial charge is 0.350 e. The maximum atomic E-state index is 11.9. The Morgan fingerprint density at radius 3 is 2.68 bits per heavy atom. The third-order valence-electron chi connectivity index (χ3n) is 4.11. The molecule has 0 bridgehead atoms. The molecule has 0 spiro atoms. The first-order valence-electron chi connectivity index (χ1n) is 7.92. The number of nitro benzene ring substituents is 1. The molecule has 128 valence electrons. The normalized spacial score (nSPS) is 13.8. The predicted molar refractivity (Wildman–Crippen MR) is 94.4 cm³/mol. The number of Topliss-reactive ketones (excluding diaryl/α,β-unsaturated/α-hetero) is 1. The van der Waals surface area contributed by atoms with Crippen LogP contribution in [-0.4, -0.2) is 23.2 Å². The lowest BCUT2D eigenvalue weighted by molar-refractivity contribution is -0.383. The number of nitrogens with one attached hydrogen (secondary N) is 1. The van der Waals surface area contributed by atoms with Crippen molar-refractivity contribution in [2.75, 3.05) is 16.8 Å². The van der Waals surface area contributed by atoms with Crippen LogP contribution >= 0.6 is 0 Å². The highest BCUT2D eigenvalue weighted by molar-refractivity contribution is 5.96. The monoisotopic (exact) mass is 339 g/mol. The van der Waals surface area contributed by atoms with Gasteiger partial charge in [-0.2, -0.15) is 0 Å². The number of rotatable bonds is 5. The summed E-state index contributed by atoms with van der Waals surface area (Å²) in [5.74, 6) is -0.155. The van der Waals surface area contributed by atoms with E-state index in [-0.39, 0.29) is 22.9 Å². The summed E-state index contributed by atoms with van der Waals surface area (Å²) < 4.78 is 0. The lowest BCUT2D eigenvalue weighted by Gasteiger charge is -2.17.